The van der Waals surface area contributed by atoms with E-state index in [1.165, 1.54) is 0 Å². The molecule has 0 saturated heterocycles. The van der Waals surface area contributed by atoms with E-state index in [2.05, 4.69) is 4.99 Å². The zero-order valence-corrected chi connectivity index (χ0v) is 16.7. The molecule has 6 heteroatoms. The standard InChI is InChI=1S/C24H16ClNO4/c1-15-4-2-6-18(12-15)23(27)29-20-10-8-16(9-11-20)13-21-24(28)30-22(26-21)17-5-3-7-19(25)14-17/h2-14H,1H3/b21-13+. The number of carbonyl (C=O) groups excluding carboxylic acids is 2. The summed E-state index contributed by atoms with van der Waals surface area (Å²) in [7, 11) is 0. The van der Waals surface area contributed by atoms with Crippen molar-refractivity contribution in [2.75, 3.05) is 0 Å². The van der Waals surface area contributed by atoms with Crippen LogP contribution in [-0.4, -0.2) is 17.8 Å². The number of aliphatic imine (C=N–C) groups is 1. The molecule has 3 aromatic rings. The van der Waals surface area contributed by atoms with Gasteiger partial charge in [0.05, 0.1) is 5.56 Å². The second kappa shape index (κ2) is 8.35. The summed E-state index contributed by atoms with van der Waals surface area (Å²) < 4.78 is 10.6. The Kier molecular flexibility index (Phi) is 5.46. The number of rotatable bonds is 4. The maximum absolute atomic E-state index is 12.2. The minimum atomic E-state index is -0.542. The number of ether oxygens (including phenoxy) is 2. The topological polar surface area (TPSA) is 65.0 Å². The number of cyclic esters (lactones) is 1. The molecule has 5 nitrogen and oxygen atoms in total. The molecule has 148 valence electrons. The van der Waals surface area contributed by atoms with E-state index < -0.39 is 11.9 Å². The fourth-order valence-corrected chi connectivity index (χ4v) is 3.07. The summed E-state index contributed by atoms with van der Waals surface area (Å²) in [5.74, 6) is -0.363. The minimum Gasteiger partial charge on any atom is -0.423 e. The minimum absolute atomic E-state index is 0.175. The van der Waals surface area contributed by atoms with Crippen molar-refractivity contribution in [2.45, 2.75) is 6.92 Å². The predicted octanol–water partition coefficient (Wildman–Crippen LogP) is 5.21. The van der Waals surface area contributed by atoms with Gasteiger partial charge in [0.25, 0.3) is 0 Å². The third-order valence-corrected chi connectivity index (χ3v) is 4.57. The highest BCUT2D eigenvalue weighted by molar-refractivity contribution is 6.31. The van der Waals surface area contributed by atoms with Crippen LogP contribution in [0.5, 0.6) is 5.75 Å². The van der Waals surface area contributed by atoms with Gasteiger partial charge in [-0.05, 0) is 61.0 Å². The van der Waals surface area contributed by atoms with Crippen molar-refractivity contribution in [3.8, 4) is 5.75 Å². The molecule has 0 fully saturated rings. The van der Waals surface area contributed by atoms with Crippen molar-refractivity contribution in [2.24, 2.45) is 4.99 Å². The molecule has 0 unspecified atom stereocenters. The van der Waals surface area contributed by atoms with Crippen molar-refractivity contribution in [3.05, 3.63) is 106 Å². The summed E-state index contributed by atoms with van der Waals surface area (Å²) in [6, 6.07) is 20.9. The number of aryl methyl sites for hydroxylation is 1. The van der Waals surface area contributed by atoms with E-state index in [1.807, 2.05) is 13.0 Å². The largest absolute Gasteiger partial charge is 0.423 e. The van der Waals surface area contributed by atoms with E-state index in [1.54, 1.807) is 72.8 Å². The summed E-state index contributed by atoms with van der Waals surface area (Å²) in [5, 5.41) is 0.527. The van der Waals surface area contributed by atoms with E-state index in [9.17, 15) is 9.59 Å². The lowest BCUT2D eigenvalue weighted by molar-refractivity contribution is -0.129. The molecular weight excluding hydrogens is 402 g/mol. The highest BCUT2D eigenvalue weighted by Gasteiger charge is 2.24. The summed E-state index contributed by atoms with van der Waals surface area (Å²) in [6.07, 6.45) is 1.60. The van der Waals surface area contributed by atoms with Crippen molar-refractivity contribution < 1.29 is 19.1 Å². The van der Waals surface area contributed by atoms with Gasteiger partial charge in [-0.1, -0.05) is 47.5 Å². The fraction of sp³-hybridized carbons (Fsp3) is 0.0417. The Morgan fingerprint density at radius 1 is 1.03 bits per heavy atom. The second-order valence-corrected chi connectivity index (χ2v) is 7.11. The number of esters is 2. The number of benzene rings is 3. The molecule has 30 heavy (non-hydrogen) atoms. The first-order chi connectivity index (χ1) is 14.5. The lowest BCUT2D eigenvalue weighted by atomic mass is 10.1. The Labute approximate surface area is 178 Å². The normalized spacial score (nSPS) is 14.4. The van der Waals surface area contributed by atoms with Crippen molar-refractivity contribution in [1.29, 1.82) is 0 Å². The lowest BCUT2D eigenvalue weighted by Crippen LogP contribution is -2.08. The molecule has 0 saturated carbocycles. The zero-order valence-electron chi connectivity index (χ0n) is 16.0. The molecule has 1 heterocycles. The first kappa shape index (κ1) is 19.6. The van der Waals surface area contributed by atoms with Gasteiger partial charge < -0.3 is 9.47 Å². The quantitative estimate of drug-likeness (QED) is 0.332. The van der Waals surface area contributed by atoms with Crippen LogP contribution in [-0.2, 0) is 9.53 Å². The maximum Gasteiger partial charge on any atom is 0.363 e. The second-order valence-electron chi connectivity index (χ2n) is 6.67. The van der Waals surface area contributed by atoms with E-state index in [-0.39, 0.29) is 11.6 Å². The number of hydrogen-bond donors (Lipinski definition) is 0. The van der Waals surface area contributed by atoms with Crippen LogP contribution in [0.25, 0.3) is 6.08 Å². The molecule has 3 aromatic carbocycles. The number of hydrogen-bond acceptors (Lipinski definition) is 5. The van der Waals surface area contributed by atoms with Gasteiger partial charge >= 0.3 is 11.9 Å². The predicted molar refractivity (Wildman–Crippen MR) is 115 cm³/mol. The van der Waals surface area contributed by atoms with Crippen LogP contribution in [0.15, 0.2) is 83.5 Å². The third-order valence-electron chi connectivity index (χ3n) is 4.34. The maximum atomic E-state index is 12.2. The van der Waals surface area contributed by atoms with E-state index >= 15 is 0 Å². The Morgan fingerprint density at radius 2 is 1.80 bits per heavy atom. The molecule has 0 radical (unpaired) electrons. The van der Waals surface area contributed by atoms with Crippen LogP contribution in [0.2, 0.25) is 5.02 Å². The zero-order chi connectivity index (χ0) is 21.1. The lowest BCUT2D eigenvalue weighted by Gasteiger charge is -2.05. The monoisotopic (exact) mass is 417 g/mol. The smallest absolute Gasteiger partial charge is 0.363 e. The van der Waals surface area contributed by atoms with Crippen LogP contribution in [0.4, 0.5) is 0 Å². The van der Waals surface area contributed by atoms with E-state index in [0.29, 0.717) is 27.5 Å². The average molecular weight is 418 g/mol. The number of halogens is 1. The van der Waals surface area contributed by atoms with Gasteiger partial charge in [-0.3, -0.25) is 0 Å². The fourth-order valence-electron chi connectivity index (χ4n) is 2.88. The highest BCUT2D eigenvalue weighted by atomic mass is 35.5. The Morgan fingerprint density at radius 3 is 2.53 bits per heavy atom. The molecule has 0 atom stereocenters. The SMILES string of the molecule is Cc1cccc(C(=O)Oc2ccc(/C=C3/N=C(c4cccc(Cl)c4)OC3=O)cc2)c1. The summed E-state index contributed by atoms with van der Waals surface area (Å²) >= 11 is 5.98. The van der Waals surface area contributed by atoms with Gasteiger partial charge in [0, 0.05) is 10.6 Å². The van der Waals surface area contributed by atoms with Crippen LogP contribution in [0, 0.1) is 6.92 Å². The first-order valence-electron chi connectivity index (χ1n) is 9.15. The molecular formula is C24H16ClNO4. The van der Waals surface area contributed by atoms with Gasteiger partial charge in [-0.15, -0.1) is 0 Å². The molecule has 4 rings (SSSR count). The molecule has 0 N–H and O–H groups in total. The van der Waals surface area contributed by atoms with Crippen molar-refractivity contribution in [3.63, 3.8) is 0 Å². The summed E-state index contributed by atoms with van der Waals surface area (Å²) in [5.41, 5.74) is 2.98. The molecule has 0 spiro atoms. The van der Waals surface area contributed by atoms with E-state index in [0.717, 1.165) is 5.56 Å². The van der Waals surface area contributed by atoms with Crippen LogP contribution < -0.4 is 4.74 Å². The van der Waals surface area contributed by atoms with Crippen LogP contribution >= 0.6 is 11.6 Å². The van der Waals surface area contributed by atoms with Crippen LogP contribution in [0.1, 0.15) is 27.0 Å². The van der Waals surface area contributed by atoms with Crippen LogP contribution in [0.3, 0.4) is 0 Å². The number of carbonyl (C=O) groups is 2. The molecule has 0 amide bonds. The molecule has 0 bridgehead atoms. The first-order valence-corrected chi connectivity index (χ1v) is 9.53. The summed E-state index contributed by atoms with van der Waals surface area (Å²) in [6.45, 7) is 1.91. The molecule has 0 aliphatic carbocycles. The summed E-state index contributed by atoms with van der Waals surface area (Å²) in [4.78, 5) is 28.6. The van der Waals surface area contributed by atoms with Crippen molar-refractivity contribution >= 4 is 35.5 Å². The molecule has 1 aliphatic heterocycles. The van der Waals surface area contributed by atoms with Gasteiger partial charge in [0.15, 0.2) is 5.70 Å². The highest BCUT2D eigenvalue weighted by Crippen LogP contribution is 2.22. The number of nitrogens with zero attached hydrogens (tertiary/aromatic N) is 1. The Bertz CT molecular complexity index is 1200. The van der Waals surface area contributed by atoms with E-state index in [4.69, 9.17) is 21.1 Å². The molecule has 1 aliphatic rings. The average Bonchev–Trinajstić information content (AvgIpc) is 3.10. The Balaban J connectivity index is 1.49. The van der Waals surface area contributed by atoms with Gasteiger partial charge in [-0.2, -0.15) is 0 Å². The van der Waals surface area contributed by atoms with Gasteiger partial charge in [-0.25, -0.2) is 14.6 Å². The van der Waals surface area contributed by atoms with Crippen molar-refractivity contribution in [1.82, 2.24) is 0 Å². The Hall–Kier alpha value is -3.70. The molecule has 0 aromatic heterocycles. The van der Waals surface area contributed by atoms with Gasteiger partial charge in [0.1, 0.15) is 5.75 Å². The third kappa shape index (κ3) is 4.47. The van der Waals surface area contributed by atoms with Gasteiger partial charge in [0.2, 0.25) is 5.90 Å².